The maximum atomic E-state index is 9.00. The summed E-state index contributed by atoms with van der Waals surface area (Å²) < 4.78 is 1.98. The highest BCUT2D eigenvalue weighted by Crippen LogP contribution is 2.36. The van der Waals surface area contributed by atoms with Crippen molar-refractivity contribution in [2.45, 2.75) is 24.9 Å². The summed E-state index contributed by atoms with van der Waals surface area (Å²) in [7, 11) is 0. The largest absolute Gasteiger partial charge is 0.394 e. The summed E-state index contributed by atoms with van der Waals surface area (Å²) in [5, 5.41) is 17.3. The van der Waals surface area contributed by atoms with Crippen LogP contribution in [0.15, 0.2) is 18.2 Å². The molecule has 5 heteroatoms. The topological polar surface area (TPSA) is 77.0 Å². The van der Waals surface area contributed by atoms with Gasteiger partial charge in [-0.25, -0.2) is 4.68 Å². The minimum absolute atomic E-state index is 0.0533. The highest BCUT2D eigenvalue weighted by atomic mass is 16.3. The van der Waals surface area contributed by atoms with Crippen molar-refractivity contribution < 1.29 is 5.11 Å². The molecule has 1 saturated carbocycles. The average Bonchev–Trinajstić information content (AvgIpc) is 3.08. The van der Waals surface area contributed by atoms with E-state index in [0.29, 0.717) is 6.04 Å². The Morgan fingerprint density at radius 3 is 3.00 bits per heavy atom. The van der Waals surface area contributed by atoms with Crippen LogP contribution in [0.5, 0.6) is 0 Å². The minimum atomic E-state index is -0.338. The Labute approximate surface area is 92.9 Å². The van der Waals surface area contributed by atoms with Crippen molar-refractivity contribution in [1.29, 1.82) is 0 Å². The molecule has 0 radical (unpaired) electrons. The van der Waals surface area contributed by atoms with Crippen LogP contribution in [0.4, 0.5) is 0 Å². The average molecular weight is 218 g/mol. The standard InChI is InChI=1S/C11H14N4O/c12-9(6-16)7-1-4-11-10(5-7)13-14-15(11)8-2-3-8/h1,4-5,8-9,16H,2-3,6,12H2. The van der Waals surface area contributed by atoms with E-state index in [4.69, 9.17) is 10.8 Å². The molecule has 84 valence electrons. The number of benzene rings is 1. The Hall–Kier alpha value is -1.46. The molecule has 5 nitrogen and oxygen atoms in total. The summed E-state index contributed by atoms with van der Waals surface area (Å²) in [6, 6.07) is 6.02. The van der Waals surface area contributed by atoms with Gasteiger partial charge in [-0.1, -0.05) is 11.3 Å². The van der Waals surface area contributed by atoms with E-state index in [1.807, 2.05) is 22.9 Å². The molecule has 1 heterocycles. The van der Waals surface area contributed by atoms with Crippen molar-refractivity contribution in [3.8, 4) is 0 Å². The molecule has 1 aromatic carbocycles. The lowest BCUT2D eigenvalue weighted by Crippen LogP contribution is -2.14. The maximum absolute atomic E-state index is 9.00. The van der Waals surface area contributed by atoms with Crippen LogP contribution >= 0.6 is 0 Å². The normalized spacial score (nSPS) is 17.9. The van der Waals surface area contributed by atoms with Crippen molar-refractivity contribution in [1.82, 2.24) is 15.0 Å². The zero-order valence-electron chi connectivity index (χ0n) is 8.87. The fourth-order valence-corrected chi connectivity index (χ4v) is 1.88. The van der Waals surface area contributed by atoms with Crippen LogP contribution < -0.4 is 5.73 Å². The summed E-state index contributed by atoms with van der Waals surface area (Å²) in [5.74, 6) is 0. The van der Waals surface area contributed by atoms with Crippen molar-refractivity contribution in [3.05, 3.63) is 23.8 Å². The van der Waals surface area contributed by atoms with E-state index in [-0.39, 0.29) is 12.6 Å². The van der Waals surface area contributed by atoms with Crippen LogP contribution in [0.3, 0.4) is 0 Å². The Morgan fingerprint density at radius 2 is 2.31 bits per heavy atom. The Kier molecular flexibility index (Phi) is 2.15. The van der Waals surface area contributed by atoms with Gasteiger partial charge in [0.1, 0.15) is 5.52 Å². The molecule has 1 aliphatic carbocycles. The predicted octanol–water partition coefficient (Wildman–Crippen LogP) is 0.758. The van der Waals surface area contributed by atoms with Gasteiger partial charge in [0.25, 0.3) is 0 Å². The number of fused-ring (bicyclic) bond motifs is 1. The first kappa shape index (κ1) is 9.74. The monoisotopic (exact) mass is 218 g/mol. The second-order valence-corrected chi connectivity index (χ2v) is 4.30. The van der Waals surface area contributed by atoms with Crippen LogP contribution in [-0.4, -0.2) is 26.7 Å². The highest BCUT2D eigenvalue weighted by molar-refractivity contribution is 5.75. The van der Waals surface area contributed by atoms with Gasteiger partial charge < -0.3 is 10.8 Å². The second-order valence-electron chi connectivity index (χ2n) is 4.30. The van der Waals surface area contributed by atoms with Crippen LogP contribution in [0.2, 0.25) is 0 Å². The van der Waals surface area contributed by atoms with E-state index in [0.717, 1.165) is 16.6 Å². The number of nitrogens with zero attached hydrogens (tertiary/aromatic N) is 3. The van der Waals surface area contributed by atoms with Crippen LogP contribution in [-0.2, 0) is 0 Å². The number of aliphatic hydroxyl groups excluding tert-OH is 1. The fraction of sp³-hybridized carbons (Fsp3) is 0.455. The predicted molar refractivity (Wildman–Crippen MR) is 59.8 cm³/mol. The molecule has 0 spiro atoms. The zero-order chi connectivity index (χ0) is 11.1. The number of rotatable bonds is 3. The molecule has 1 fully saturated rings. The minimum Gasteiger partial charge on any atom is -0.394 e. The van der Waals surface area contributed by atoms with Crippen LogP contribution in [0, 0.1) is 0 Å². The molecular formula is C11H14N4O. The summed E-state index contributed by atoms with van der Waals surface area (Å²) >= 11 is 0. The molecular weight excluding hydrogens is 204 g/mol. The molecule has 3 N–H and O–H groups in total. The smallest absolute Gasteiger partial charge is 0.113 e. The summed E-state index contributed by atoms with van der Waals surface area (Å²) in [4.78, 5) is 0. The first-order chi connectivity index (χ1) is 7.79. The van der Waals surface area contributed by atoms with E-state index >= 15 is 0 Å². The van der Waals surface area contributed by atoms with Gasteiger partial charge in [-0.3, -0.25) is 0 Å². The summed E-state index contributed by atoms with van der Waals surface area (Å²) in [5.41, 5.74) is 8.57. The molecule has 0 aliphatic heterocycles. The van der Waals surface area contributed by atoms with Gasteiger partial charge >= 0.3 is 0 Å². The summed E-state index contributed by atoms with van der Waals surface area (Å²) in [6.45, 7) is -0.0533. The van der Waals surface area contributed by atoms with E-state index in [1.165, 1.54) is 12.8 Å². The van der Waals surface area contributed by atoms with Crippen molar-refractivity contribution in [2.75, 3.05) is 6.61 Å². The number of hydrogen-bond acceptors (Lipinski definition) is 4. The van der Waals surface area contributed by atoms with E-state index in [1.54, 1.807) is 0 Å². The maximum Gasteiger partial charge on any atom is 0.113 e. The Balaban J connectivity index is 2.05. The molecule has 0 bridgehead atoms. The zero-order valence-corrected chi connectivity index (χ0v) is 8.87. The number of aromatic nitrogens is 3. The van der Waals surface area contributed by atoms with Crippen LogP contribution in [0.25, 0.3) is 11.0 Å². The highest BCUT2D eigenvalue weighted by Gasteiger charge is 2.26. The lowest BCUT2D eigenvalue weighted by Gasteiger charge is -2.07. The molecule has 1 unspecified atom stereocenters. The lowest BCUT2D eigenvalue weighted by molar-refractivity contribution is 0.268. The summed E-state index contributed by atoms with van der Waals surface area (Å²) in [6.07, 6.45) is 2.38. The third-order valence-corrected chi connectivity index (χ3v) is 3.01. The van der Waals surface area contributed by atoms with E-state index in [2.05, 4.69) is 10.3 Å². The van der Waals surface area contributed by atoms with Crippen LogP contribution in [0.1, 0.15) is 30.5 Å². The molecule has 1 atom stereocenters. The van der Waals surface area contributed by atoms with Gasteiger partial charge in [-0.2, -0.15) is 0 Å². The van der Waals surface area contributed by atoms with Gasteiger partial charge in [-0.05, 0) is 30.5 Å². The second kappa shape index (κ2) is 3.54. The molecule has 0 saturated heterocycles. The SMILES string of the molecule is NC(CO)c1ccc2c(c1)nnn2C1CC1. The fourth-order valence-electron chi connectivity index (χ4n) is 1.88. The van der Waals surface area contributed by atoms with Gasteiger partial charge in [0.15, 0.2) is 0 Å². The molecule has 2 aromatic rings. The Morgan fingerprint density at radius 1 is 1.50 bits per heavy atom. The third-order valence-electron chi connectivity index (χ3n) is 3.01. The van der Waals surface area contributed by atoms with Crippen molar-refractivity contribution >= 4 is 11.0 Å². The van der Waals surface area contributed by atoms with Gasteiger partial charge in [0.05, 0.1) is 24.2 Å². The first-order valence-corrected chi connectivity index (χ1v) is 5.51. The van der Waals surface area contributed by atoms with Crippen molar-refractivity contribution in [3.63, 3.8) is 0 Å². The van der Waals surface area contributed by atoms with E-state index < -0.39 is 0 Å². The van der Waals surface area contributed by atoms with Gasteiger partial charge in [-0.15, -0.1) is 5.10 Å². The van der Waals surface area contributed by atoms with E-state index in [9.17, 15) is 0 Å². The van der Waals surface area contributed by atoms with Gasteiger partial charge in [0, 0.05) is 0 Å². The molecule has 16 heavy (non-hydrogen) atoms. The molecule has 0 amide bonds. The Bertz CT molecular complexity index is 518. The number of nitrogens with two attached hydrogens (primary N) is 1. The quantitative estimate of drug-likeness (QED) is 0.797. The third kappa shape index (κ3) is 1.48. The molecule has 3 rings (SSSR count). The number of aliphatic hydroxyl groups is 1. The molecule has 1 aromatic heterocycles. The van der Waals surface area contributed by atoms with Crippen molar-refractivity contribution in [2.24, 2.45) is 5.73 Å². The first-order valence-electron chi connectivity index (χ1n) is 5.51. The lowest BCUT2D eigenvalue weighted by atomic mass is 10.1. The number of hydrogen-bond donors (Lipinski definition) is 2. The molecule has 1 aliphatic rings. The van der Waals surface area contributed by atoms with Gasteiger partial charge in [0.2, 0.25) is 0 Å².